The van der Waals surface area contributed by atoms with Crippen LogP contribution in [0.15, 0.2) is 48.5 Å². The maximum absolute atomic E-state index is 13.3. The number of thiazole rings is 1. The molecule has 0 saturated carbocycles. The zero-order valence-electron chi connectivity index (χ0n) is 15.2. The van der Waals surface area contributed by atoms with E-state index in [9.17, 15) is 9.18 Å². The van der Waals surface area contributed by atoms with Gasteiger partial charge in [-0.25, -0.2) is 9.37 Å². The fourth-order valence-corrected chi connectivity index (χ4v) is 4.29. The van der Waals surface area contributed by atoms with Crippen LogP contribution in [-0.2, 0) is 11.2 Å². The summed E-state index contributed by atoms with van der Waals surface area (Å²) in [4.78, 5) is 19.1. The highest BCUT2D eigenvalue weighted by Crippen LogP contribution is 2.33. The Labute approximate surface area is 162 Å². The summed E-state index contributed by atoms with van der Waals surface area (Å²) in [6.07, 6.45) is 1.89. The van der Waals surface area contributed by atoms with Gasteiger partial charge in [-0.2, -0.15) is 0 Å². The summed E-state index contributed by atoms with van der Waals surface area (Å²) < 4.78 is 14.2. The van der Waals surface area contributed by atoms with Crippen molar-refractivity contribution < 1.29 is 9.18 Å². The number of nitrogens with one attached hydrogen (secondary N) is 1. The SMILES string of the molecule is C[C@H](CCc1ccccc1)NC(=O)C1CN(c2nc3ccc(F)cc3s2)C1. The third kappa shape index (κ3) is 4.11. The number of amides is 1. The van der Waals surface area contributed by atoms with E-state index in [1.54, 1.807) is 6.07 Å². The van der Waals surface area contributed by atoms with E-state index >= 15 is 0 Å². The Kier molecular flexibility index (Phi) is 5.07. The minimum absolute atomic E-state index is 0.00655. The molecule has 0 spiro atoms. The van der Waals surface area contributed by atoms with Crippen LogP contribution in [0, 0.1) is 11.7 Å². The van der Waals surface area contributed by atoms with Gasteiger partial charge in [0.1, 0.15) is 5.82 Å². The molecule has 1 saturated heterocycles. The molecule has 4 rings (SSSR count). The maximum atomic E-state index is 13.3. The van der Waals surface area contributed by atoms with Crippen LogP contribution in [0.25, 0.3) is 10.2 Å². The fourth-order valence-electron chi connectivity index (χ4n) is 3.28. The monoisotopic (exact) mass is 383 g/mol. The molecule has 1 fully saturated rings. The van der Waals surface area contributed by atoms with E-state index in [1.807, 2.05) is 18.2 Å². The largest absolute Gasteiger partial charge is 0.353 e. The minimum Gasteiger partial charge on any atom is -0.353 e. The summed E-state index contributed by atoms with van der Waals surface area (Å²) in [7, 11) is 0. The third-order valence-corrected chi connectivity index (χ3v) is 6.04. The van der Waals surface area contributed by atoms with Crippen LogP contribution in [0.1, 0.15) is 18.9 Å². The first-order valence-electron chi connectivity index (χ1n) is 9.24. The van der Waals surface area contributed by atoms with E-state index in [2.05, 4.69) is 34.3 Å². The van der Waals surface area contributed by atoms with Crippen LogP contribution in [0.3, 0.4) is 0 Å². The van der Waals surface area contributed by atoms with Crippen molar-refractivity contribution in [1.29, 1.82) is 0 Å². The molecule has 0 unspecified atom stereocenters. The van der Waals surface area contributed by atoms with Gasteiger partial charge in [0.05, 0.1) is 16.1 Å². The Hall–Kier alpha value is -2.47. The second kappa shape index (κ2) is 7.64. The lowest BCUT2D eigenvalue weighted by atomic mass is 9.99. The number of aryl methyl sites for hydroxylation is 1. The fraction of sp³-hybridized carbons (Fsp3) is 0.333. The minimum atomic E-state index is -0.247. The molecule has 3 aromatic rings. The molecular formula is C21H22FN3OS. The second-order valence-electron chi connectivity index (χ2n) is 7.14. The molecule has 1 aromatic heterocycles. The number of carbonyl (C=O) groups excluding carboxylic acids is 1. The average molecular weight is 383 g/mol. The first-order chi connectivity index (χ1) is 13.1. The highest BCUT2D eigenvalue weighted by Gasteiger charge is 2.34. The molecule has 6 heteroatoms. The number of hydrogen-bond acceptors (Lipinski definition) is 4. The van der Waals surface area contributed by atoms with Crippen LogP contribution in [-0.4, -0.2) is 30.0 Å². The van der Waals surface area contributed by atoms with E-state index in [4.69, 9.17) is 0 Å². The summed E-state index contributed by atoms with van der Waals surface area (Å²) in [6, 6.07) is 15.1. The highest BCUT2D eigenvalue weighted by molar-refractivity contribution is 7.22. The van der Waals surface area contributed by atoms with Crippen molar-refractivity contribution in [2.45, 2.75) is 25.8 Å². The van der Waals surface area contributed by atoms with Crippen molar-refractivity contribution in [3.63, 3.8) is 0 Å². The molecule has 1 aliphatic rings. The second-order valence-corrected chi connectivity index (χ2v) is 8.15. The zero-order valence-corrected chi connectivity index (χ0v) is 16.0. The van der Waals surface area contributed by atoms with E-state index in [0.29, 0.717) is 13.1 Å². The van der Waals surface area contributed by atoms with Gasteiger partial charge in [-0.05, 0) is 43.5 Å². The molecule has 27 heavy (non-hydrogen) atoms. The Morgan fingerprint density at radius 2 is 2.07 bits per heavy atom. The van der Waals surface area contributed by atoms with Gasteiger partial charge >= 0.3 is 0 Å². The first-order valence-corrected chi connectivity index (χ1v) is 10.1. The summed E-state index contributed by atoms with van der Waals surface area (Å²) in [5.74, 6) is -0.144. The van der Waals surface area contributed by atoms with Gasteiger partial charge in [0, 0.05) is 19.1 Å². The molecule has 1 atom stereocenters. The van der Waals surface area contributed by atoms with Crippen molar-refractivity contribution in [1.82, 2.24) is 10.3 Å². The van der Waals surface area contributed by atoms with Gasteiger partial charge in [0.2, 0.25) is 5.91 Å². The normalized spacial score (nSPS) is 15.6. The smallest absolute Gasteiger partial charge is 0.226 e. The number of nitrogens with zero attached hydrogens (tertiary/aromatic N) is 2. The van der Waals surface area contributed by atoms with Crippen LogP contribution in [0.4, 0.5) is 9.52 Å². The van der Waals surface area contributed by atoms with Gasteiger partial charge in [0.15, 0.2) is 5.13 Å². The van der Waals surface area contributed by atoms with Crippen molar-refractivity contribution in [2.75, 3.05) is 18.0 Å². The van der Waals surface area contributed by atoms with E-state index < -0.39 is 0 Å². The maximum Gasteiger partial charge on any atom is 0.226 e. The number of anilines is 1. The van der Waals surface area contributed by atoms with Crippen LogP contribution < -0.4 is 10.2 Å². The van der Waals surface area contributed by atoms with Crippen molar-refractivity contribution >= 4 is 32.6 Å². The van der Waals surface area contributed by atoms with E-state index in [0.717, 1.165) is 28.2 Å². The van der Waals surface area contributed by atoms with Crippen molar-refractivity contribution in [2.24, 2.45) is 5.92 Å². The van der Waals surface area contributed by atoms with Crippen LogP contribution in [0.2, 0.25) is 0 Å². The molecule has 4 nitrogen and oxygen atoms in total. The standard InChI is InChI=1S/C21H22FN3OS/c1-14(7-8-15-5-3-2-4-6-15)23-20(26)16-12-25(13-16)21-24-18-10-9-17(22)11-19(18)27-21/h2-6,9-11,14,16H,7-8,12-13H2,1H3,(H,23,26)/t14-/m1/s1. The lowest BCUT2D eigenvalue weighted by molar-refractivity contribution is -0.126. The number of halogens is 1. The number of aromatic nitrogens is 1. The molecule has 0 radical (unpaired) electrons. The van der Waals surface area contributed by atoms with Gasteiger partial charge < -0.3 is 10.2 Å². The quantitative estimate of drug-likeness (QED) is 0.700. The predicted molar refractivity (Wildman–Crippen MR) is 108 cm³/mol. The Morgan fingerprint density at radius 1 is 1.30 bits per heavy atom. The summed E-state index contributed by atoms with van der Waals surface area (Å²) in [5, 5.41) is 3.98. The molecule has 0 aliphatic carbocycles. The van der Waals surface area contributed by atoms with Gasteiger partial charge in [0.25, 0.3) is 0 Å². The number of fused-ring (bicyclic) bond motifs is 1. The number of rotatable bonds is 6. The van der Waals surface area contributed by atoms with Crippen LogP contribution in [0.5, 0.6) is 0 Å². The Balaban J connectivity index is 1.26. The summed E-state index contributed by atoms with van der Waals surface area (Å²) >= 11 is 1.47. The van der Waals surface area contributed by atoms with Crippen LogP contribution >= 0.6 is 11.3 Å². The number of benzene rings is 2. The molecule has 140 valence electrons. The Bertz CT molecular complexity index is 937. The van der Waals surface area contributed by atoms with Crippen molar-refractivity contribution in [3.8, 4) is 0 Å². The molecule has 0 bridgehead atoms. The van der Waals surface area contributed by atoms with Gasteiger partial charge in [-0.15, -0.1) is 0 Å². The summed E-state index contributed by atoms with van der Waals surface area (Å²) in [5.41, 5.74) is 2.10. The molecule has 1 amide bonds. The zero-order chi connectivity index (χ0) is 18.8. The molecule has 1 aliphatic heterocycles. The highest BCUT2D eigenvalue weighted by atomic mass is 32.1. The predicted octanol–water partition coefficient (Wildman–Crippen LogP) is 4.01. The topological polar surface area (TPSA) is 45.2 Å². The lowest BCUT2D eigenvalue weighted by Crippen LogP contribution is -2.55. The molecule has 2 aromatic carbocycles. The van der Waals surface area contributed by atoms with E-state index in [-0.39, 0.29) is 23.7 Å². The van der Waals surface area contributed by atoms with Crippen molar-refractivity contribution in [3.05, 3.63) is 59.9 Å². The third-order valence-electron chi connectivity index (χ3n) is 4.96. The summed E-state index contributed by atoms with van der Waals surface area (Å²) in [6.45, 7) is 3.39. The van der Waals surface area contributed by atoms with Gasteiger partial charge in [-0.3, -0.25) is 4.79 Å². The molecule has 1 N–H and O–H groups in total. The number of hydrogen-bond donors (Lipinski definition) is 1. The lowest BCUT2D eigenvalue weighted by Gasteiger charge is -2.38. The number of carbonyl (C=O) groups is 1. The van der Waals surface area contributed by atoms with E-state index in [1.165, 1.54) is 29.0 Å². The molecular weight excluding hydrogens is 361 g/mol. The Morgan fingerprint density at radius 3 is 2.85 bits per heavy atom. The first kappa shape index (κ1) is 17.9. The average Bonchev–Trinajstić information content (AvgIpc) is 3.02. The van der Waals surface area contributed by atoms with Gasteiger partial charge in [-0.1, -0.05) is 41.7 Å². The molecule has 2 heterocycles.